The molecule has 0 saturated carbocycles. The monoisotopic (exact) mass is 412 g/mol. The van der Waals surface area contributed by atoms with Crippen molar-refractivity contribution in [3.05, 3.63) is 83.9 Å². The van der Waals surface area contributed by atoms with Crippen LogP contribution in [0.2, 0.25) is 0 Å². The van der Waals surface area contributed by atoms with Gasteiger partial charge in [-0.15, -0.1) is 0 Å². The standard InChI is InChI=1S/C27H28N2O2/c28-15-19-30-26-13-9-23(10-14-26)27-6-2-1-5-24(27)21-22-7-11-25(12-8-22)31-20-18-29-16-3-4-17-29/h1-2,5-14H,3-4,16-21H2. The van der Waals surface area contributed by atoms with Crippen LogP contribution in [0.5, 0.6) is 11.5 Å². The van der Waals surface area contributed by atoms with Gasteiger partial charge in [-0.05, 0) is 78.9 Å². The molecule has 0 bridgehead atoms. The smallest absolute Gasteiger partial charge is 0.174 e. The molecule has 3 aromatic rings. The number of likely N-dealkylation sites (tertiary alicyclic amines) is 1. The largest absolute Gasteiger partial charge is 0.492 e. The van der Waals surface area contributed by atoms with Crippen LogP contribution in [-0.4, -0.2) is 37.7 Å². The first-order valence-electron chi connectivity index (χ1n) is 10.9. The number of rotatable bonds is 9. The molecule has 0 N–H and O–H groups in total. The van der Waals surface area contributed by atoms with E-state index in [-0.39, 0.29) is 6.61 Å². The lowest BCUT2D eigenvalue weighted by Crippen LogP contribution is -2.25. The second-order valence-electron chi connectivity index (χ2n) is 7.85. The van der Waals surface area contributed by atoms with Gasteiger partial charge in [0.2, 0.25) is 0 Å². The first kappa shape index (κ1) is 21.0. The molecule has 1 heterocycles. The summed E-state index contributed by atoms with van der Waals surface area (Å²) in [4.78, 5) is 2.47. The van der Waals surface area contributed by atoms with E-state index in [1.807, 2.05) is 30.3 Å². The molecule has 4 rings (SSSR count). The van der Waals surface area contributed by atoms with E-state index >= 15 is 0 Å². The van der Waals surface area contributed by atoms with Crippen LogP contribution in [-0.2, 0) is 6.42 Å². The van der Waals surface area contributed by atoms with E-state index in [0.29, 0.717) is 5.75 Å². The van der Waals surface area contributed by atoms with Crippen molar-refractivity contribution in [2.24, 2.45) is 0 Å². The van der Waals surface area contributed by atoms with Crippen molar-refractivity contribution in [2.75, 3.05) is 32.8 Å². The molecule has 0 unspecified atom stereocenters. The Balaban J connectivity index is 1.38. The van der Waals surface area contributed by atoms with Gasteiger partial charge in [0, 0.05) is 6.54 Å². The minimum atomic E-state index is 0.0634. The van der Waals surface area contributed by atoms with E-state index < -0.39 is 0 Å². The van der Waals surface area contributed by atoms with Crippen LogP contribution < -0.4 is 9.47 Å². The van der Waals surface area contributed by atoms with Crippen molar-refractivity contribution in [1.29, 1.82) is 5.26 Å². The van der Waals surface area contributed by atoms with Crippen LogP contribution in [0, 0.1) is 11.3 Å². The fourth-order valence-electron chi connectivity index (χ4n) is 4.02. The Hall–Kier alpha value is -3.29. The Labute approximate surface area is 184 Å². The molecule has 0 amide bonds. The summed E-state index contributed by atoms with van der Waals surface area (Å²) in [5, 5.41) is 8.66. The van der Waals surface area contributed by atoms with Crippen molar-refractivity contribution in [3.63, 3.8) is 0 Å². The summed E-state index contributed by atoms with van der Waals surface area (Å²) in [5.74, 6) is 1.65. The van der Waals surface area contributed by atoms with Crippen molar-refractivity contribution < 1.29 is 9.47 Å². The molecule has 1 saturated heterocycles. The van der Waals surface area contributed by atoms with Gasteiger partial charge in [0.15, 0.2) is 6.61 Å². The summed E-state index contributed by atoms with van der Waals surface area (Å²) in [6.45, 7) is 4.23. The third-order valence-electron chi connectivity index (χ3n) is 5.68. The van der Waals surface area contributed by atoms with Gasteiger partial charge in [0.05, 0.1) is 0 Å². The number of ether oxygens (including phenoxy) is 2. The molecule has 3 aromatic carbocycles. The van der Waals surface area contributed by atoms with E-state index in [9.17, 15) is 0 Å². The summed E-state index contributed by atoms with van der Waals surface area (Å²) >= 11 is 0. The predicted molar refractivity (Wildman–Crippen MR) is 123 cm³/mol. The molecule has 0 aliphatic carbocycles. The van der Waals surface area contributed by atoms with Crippen molar-refractivity contribution in [3.8, 4) is 28.7 Å². The first-order valence-corrected chi connectivity index (χ1v) is 10.9. The maximum absolute atomic E-state index is 8.66. The van der Waals surface area contributed by atoms with E-state index in [2.05, 4.69) is 53.4 Å². The third-order valence-corrected chi connectivity index (χ3v) is 5.68. The SMILES string of the molecule is N#CCOc1ccc(-c2ccccc2Cc2ccc(OCCN3CCCC3)cc2)cc1. The number of nitriles is 1. The van der Waals surface area contributed by atoms with Crippen LogP contribution in [0.1, 0.15) is 24.0 Å². The fraction of sp³-hybridized carbons (Fsp3) is 0.296. The van der Waals surface area contributed by atoms with Gasteiger partial charge in [-0.2, -0.15) is 5.26 Å². The molecule has 0 atom stereocenters. The van der Waals surface area contributed by atoms with Crippen molar-refractivity contribution >= 4 is 0 Å². The number of hydrogen-bond acceptors (Lipinski definition) is 4. The molecule has 31 heavy (non-hydrogen) atoms. The number of hydrogen-bond donors (Lipinski definition) is 0. The second-order valence-corrected chi connectivity index (χ2v) is 7.85. The van der Waals surface area contributed by atoms with Crippen molar-refractivity contribution in [1.82, 2.24) is 4.90 Å². The molecule has 4 heteroatoms. The average Bonchev–Trinajstić information content (AvgIpc) is 3.33. The summed E-state index contributed by atoms with van der Waals surface area (Å²) < 4.78 is 11.3. The summed E-state index contributed by atoms with van der Waals surface area (Å²) in [6.07, 6.45) is 3.49. The molecule has 0 spiro atoms. The highest BCUT2D eigenvalue weighted by molar-refractivity contribution is 5.68. The topological polar surface area (TPSA) is 45.5 Å². The Morgan fingerprint density at radius 3 is 2.23 bits per heavy atom. The van der Waals surface area contributed by atoms with Crippen LogP contribution in [0.3, 0.4) is 0 Å². The molecule has 0 radical (unpaired) electrons. The van der Waals surface area contributed by atoms with Crippen molar-refractivity contribution in [2.45, 2.75) is 19.3 Å². The van der Waals surface area contributed by atoms with Gasteiger partial charge in [0.1, 0.15) is 24.2 Å². The van der Waals surface area contributed by atoms with Gasteiger partial charge in [-0.1, -0.05) is 48.5 Å². The Bertz CT molecular complexity index is 1000. The minimum Gasteiger partial charge on any atom is -0.492 e. The predicted octanol–water partition coefficient (Wildman–Crippen LogP) is 5.32. The molecule has 1 aliphatic heterocycles. The highest BCUT2D eigenvalue weighted by Crippen LogP contribution is 2.28. The fourth-order valence-corrected chi connectivity index (χ4v) is 4.02. The quantitative estimate of drug-likeness (QED) is 0.477. The maximum atomic E-state index is 8.66. The van der Waals surface area contributed by atoms with Gasteiger partial charge in [0.25, 0.3) is 0 Å². The molecule has 158 valence electrons. The minimum absolute atomic E-state index is 0.0634. The third kappa shape index (κ3) is 5.87. The lowest BCUT2D eigenvalue weighted by Gasteiger charge is -2.15. The van der Waals surface area contributed by atoms with E-state index in [0.717, 1.165) is 30.9 Å². The molecule has 1 aliphatic rings. The second kappa shape index (κ2) is 10.7. The lowest BCUT2D eigenvalue weighted by molar-refractivity contribution is 0.238. The van der Waals surface area contributed by atoms with Crippen LogP contribution >= 0.6 is 0 Å². The maximum Gasteiger partial charge on any atom is 0.174 e. The number of benzene rings is 3. The highest BCUT2D eigenvalue weighted by atomic mass is 16.5. The molecule has 4 nitrogen and oxygen atoms in total. The van der Waals surface area contributed by atoms with E-state index in [1.54, 1.807) is 0 Å². The van der Waals surface area contributed by atoms with Gasteiger partial charge < -0.3 is 9.47 Å². The molecule has 1 fully saturated rings. The Kier molecular flexibility index (Phi) is 7.20. The average molecular weight is 413 g/mol. The zero-order valence-electron chi connectivity index (χ0n) is 17.8. The summed E-state index contributed by atoms with van der Waals surface area (Å²) in [5.41, 5.74) is 4.88. The first-order chi connectivity index (χ1) is 15.3. The summed E-state index contributed by atoms with van der Waals surface area (Å²) in [7, 11) is 0. The zero-order chi connectivity index (χ0) is 21.3. The normalized spacial score (nSPS) is 13.6. The van der Waals surface area contributed by atoms with Gasteiger partial charge in [-0.25, -0.2) is 0 Å². The van der Waals surface area contributed by atoms with E-state index in [1.165, 1.54) is 42.6 Å². The Morgan fingerprint density at radius 2 is 1.48 bits per heavy atom. The van der Waals surface area contributed by atoms with Crippen LogP contribution in [0.15, 0.2) is 72.8 Å². The molecular formula is C27H28N2O2. The summed E-state index contributed by atoms with van der Waals surface area (Å²) in [6, 6.07) is 26.8. The van der Waals surface area contributed by atoms with E-state index in [4.69, 9.17) is 14.7 Å². The number of nitrogens with zero attached hydrogens (tertiary/aromatic N) is 2. The van der Waals surface area contributed by atoms with Gasteiger partial charge in [-0.3, -0.25) is 4.90 Å². The zero-order valence-corrected chi connectivity index (χ0v) is 17.8. The Morgan fingerprint density at radius 1 is 0.806 bits per heavy atom. The molecule has 0 aromatic heterocycles. The van der Waals surface area contributed by atoms with Crippen LogP contribution in [0.25, 0.3) is 11.1 Å². The highest BCUT2D eigenvalue weighted by Gasteiger charge is 2.11. The lowest BCUT2D eigenvalue weighted by atomic mass is 9.95. The van der Waals surface area contributed by atoms with Crippen LogP contribution in [0.4, 0.5) is 0 Å². The molecular weight excluding hydrogens is 384 g/mol. The van der Waals surface area contributed by atoms with Gasteiger partial charge >= 0.3 is 0 Å².